The minimum absolute atomic E-state index is 0.00232. The van der Waals surface area contributed by atoms with Crippen molar-refractivity contribution in [1.82, 2.24) is 5.06 Å². The zero-order valence-corrected chi connectivity index (χ0v) is 9.97. The highest BCUT2D eigenvalue weighted by Crippen LogP contribution is 2.17. The molecule has 0 bridgehead atoms. The maximum absolute atomic E-state index is 11.8. The van der Waals surface area contributed by atoms with E-state index < -0.39 is 11.7 Å². The zero-order chi connectivity index (χ0) is 12.2. The molecule has 1 aliphatic rings. The first-order chi connectivity index (χ1) is 7.44. The molecule has 0 fully saturated rings. The highest BCUT2D eigenvalue weighted by atomic mass is 16.7. The molecule has 0 spiro atoms. The molecule has 0 aliphatic carbocycles. The highest BCUT2D eigenvalue weighted by Gasteiger charge is 2.29. The van der Waals surface area contributed by atoms with Crippen molar-refractivity contribution in [3.8, 4) is 0 Å². The third-order valence-electron chi connectivity index (χ3n) is 1.97. The summed E-state index contributed by atoms with van der Waals surface area (Å²) < 4.78 is 5.20. The first-order valence-electron chi connectivity index (χ1n) is 5.36. The Morgan fingerprint density at radius 1 is 1.62 bits per heavy atom. The molecule has 0 saturated heterocycles. The van der Waals surface area contributed by atoms with Gasteiger partial charge in [-0.3, -0.25) is 4.84 Å². The number of rotatable bonds is 2. The van der Waals surface area contributed by atoms with Crippen molar-refractivity contribution in [2.24, 2.45) is 0 Å². The van der Waals surface area contributed by atoms with E-state index in [1.807, 2.05) is 12.2 Å². The Kier molecular flexibility index (Phi) is 4.32. The number of carbonyl (C=O) groups excluding carboxylic acids is 1. The molecule has 16 heavy (non-hydrogen) atoms. The smallest absolute Gasteiger partial charge is 0.435 e. The lowest BCUT2D eigenvalue weighted by Gasteiger charge is -2.32. The number of nitrogens with zero attached hydrogens (tertiary/aromatic N) is 1. The molecule has 0 aromatic carbocycles. The van der Waals surface area contributed by atoms with Crippen molar-refractivity contribution in [3.63, 3.8) is 0 Å². The predicted molar refractivity (Wildman–Crippen MR) is 58.7 cm³/mol. The lowest BCUT2D eigenvalue weighted by molar-refractivity contribution is -0.161. The van der Waals surface area contributed by atoms with E-state index in [-0.39, 0.29) is 12.6 Å². The van der Waals surface area contributed by atoms with Crippen molar-refractivity contribution in [1.29, 1.82) is 0 Å². The fourth-order valence-electron chi connectivity index (χ4n) is 1.35. The van der Waals surface area contributed by atoms with Gasteiger partial charge in [0.15, 0.2) is 0 Å². The quantitative estimate of drug-likeness (QED) is 0.728. The molecule has 0 radical (unpaired) electrons. The minimum atomic E-state index is -0.550. The van der Waals surface area contributed by atoms with Crippen LogP contribution >= 0.6 is 0 Å². The Bertz CT molecular complexity index is 270. The van der Waals surface area contributed by atoms with Gasteiger partial charge in [0.2, 0.25) is 0 Å². The minimum Gasteiger partial charge on any atom is -0.442 e. The maximum atomic E-state index is 11.8. The van der Waals surface area contributed by atoms with Gasteiger partial charge in [0.25, 0.3) is 0 Å². The fourth-order valence-corrected chi connectivity index (χ4v) is 1.35. The lowest BCUT2D eigenvalue weighted by atomic mass is 10.2. The van der Waals surface area contributed by atoms with Gasteiger partial charge in [-0.25, -0.2) is 4.79 Å². The third-order valence-corrected chi connectivity index (χ3v) is 1.97. The average molecular weight is 229 g/mol. The fraction of sp³-hybridized carbons (Fsp3) is 0.727. The van der Waals surface area contributed by atoms with Gasteiger partial charge in [0.05, 0.1) is 12.6 Å². The second kappa shape index (κ2) is 5.32. The monoisotopic (exact) mass is 229 g/mol. The first kappa shape index (κ1) is 13.0. The number of carbonyl (C=O) groups is 1. The van der Waals surface area contributed by atoms with E-state index in [1.165, 1.54) is 5.06 Å². The topological polar surface area (TPSA) is 59.0 Å². The van der Waals surface area contributed by atoms with Gasteiger partial charge in [-0.2, -0.15) is 5.06 Å². The Morgan fingerprint density at radius 3 is 2.88 bits per heavy atom. The second-order valence-corrected chi connectivity index (χ2v) is 4.61. The van der Waals surface area contributed by atoms with E-state index in [2.05, 4.69) is 0 Å². The molecule has 5 nitrogen and oxygen atoms in total. The van der Waals surface area contributed by atoms with Gasteiger partial charge >= 0.3 is 6.09 Å². The Hall–Kier alpha value is -1.07. The molecule has 92 valence electrons. The number of amides is 1. The van der Waals surface area contributed by atoms with Crippen LogP contribution in [-0.4, -0.2) is 41.1 Å². The standard InChI is InChI=1S/C11H19NO4/c1-11(2,3)16-10(14)12-9(6-7-13)5-4-8-15-12/h4-5,9,13H,6-8H2,1-3H3. The van der Waals surface area contributed by atoms with Gasteiger partial charge in [0.1, 0.15) is 5.60 Å². The molecule has 1 rings (SSSR count). The normalized spacial score (nSPS) is 21.0. The summed E-state index contributed by atoms with van der Waals surface area (Å²) in [7, 11) is 0. The molecular formula is C11H19NO4. The molecule has 5 heteroatoms. The second-order valence-electron chi connectivity index (χ2n) is 4.61. The molecular weight excluding hydrogens is 210 g/mol. The summed E-state index contributed by atoms with van der Waals surface area (Å²) in [6, 6.07) is -0.256. The van der Waals surface area contributed by atoms with Crippen molar-refractivity contribution in [3.05, 3.63) is 12.2 Å². The van der Waals surface area contributed by atoms with Crippen LogP contribution in [0.5, 0.6) is 0 Å². The van der Waals surface area contributed by atoms with Gasteiger partial charge in [-0.1, -0.05) is 12.2 Å². The number of hydrogen-bond donors (Lipinski definition) is 1. The van der Waals surface area contributed by atoms with Crippen LogP contribution < -0.4 is 0 Å². The molecule has 1 unspecified atom stereocenters. The summed E-state index contributed by atoms with van der Waals surface area (Å²) in [6.45, 7) is 5.74. The summed E-state index contributed by atoms with van der Waals surface area (Å²) >= 11 is 0. The third kappa shape index (κ3) is 3.83. The van der Waals surface area contributed by atoms with E-state index in [4.69, 9.17) is 14.7 Å². The van der Waals surface area contributed by atoms with Crippen molar-refractivity contribution < 1.29 is 19.5 Å². The lowest BCUT2D eigenvalue weighted by Crippen LogP contribution is -2.44. The SMILES string of the molecule is CC(C)(C)OC(=O)N1OCC=CC1CCO. The Balaban J connectivity index is 2.62. The average Bonchev–Trinajstić information content (AvgIpc) is 2.16. The Labute approximate surface area is 95.6 Å². The van der Waals surface area contributed by atoms with Crippen LogP contribution in [0.4, 0.5) is 4.79 Å². The number of aliphatic hydroxyl groups is 1. The number of aliphatic hydroxyl groups excluding tert-OH is 1. The van der Waals surface area contributed by atoms with E-state index >= 15 is 0 Å². The molecule has 1 heterocycles. The van der Waals surface area contributed by atoms with Crippen LogP contribution in [0.3, 0.4) is 0 Å². The summed E-state index contributed by atoms with van der Waals surface area (Å²) in [5.41, 5.74) is -0.550. The van der Waals surface area contributed by atoms with E-state index in [9.17, 15) is 4.79 Å². The summed E-state index contributed by atoms with van der Waals surface area (Å²) in [5.74, 6) is 0. The van der Waals surface area contributed by atoms with Crippen molar-refractivity contribution in [2.75, 3.05) is 13.2 Å². The molecule has 1 amide bonds. The van der Waals surface area contributed by atoms with E-state index in [1.54, 1.807) is 20.8 Å². The maximum Gasteiger partial charge on any atom is 0.435 e. The van der Waals surface area contributed by atoms with Gasteiger partial charge in [-0.05, 0) is 27.2 Å². The zero-order valence-electron chi connectivity index (χ0n) is 9.97. The van der Waals surface area contributed by atoms with Crippen molar-refractivity contribution in [2.45, 2.75) is 38.8 Å². The van der Waals surface area contributed by atoms with E-state index in [0.717, 1.165) is 0 Å². The summed E-state index contributed by atoms with van der Waals surface area (Å²) in [5, 5.41) is 10.1. The predicted octanol–water partition coefficient (Wildman–Crippen LogP) is 1.48. The molecule has 1 aliphatic heterocycles. The highest BCUT2D eigenvalue weighted by molar-refractivity contribution is 5.67. The van der Waals surface area contributed by atoms with Crippen LogP contribution in [0.2, 0.25) is 0 Å². The van der Waals surface area contributed by atoms with Gasteiger partial charge in [-0.15, -0.1) is 0 Å². The summed E-state index contributed by atoms with van der Waals surface area (Å²) in [4.78, 5) is 17.0. The largest absolute Gasteiger partial charge is 0.442 e. The molecule has 0 aromatic heterocycles. The van der Waals surface area contributed by atoms with Crippen LogP contribution in [0.1, 0.15) is 27.2 Å². The van der Waals surface area contributed by atoms with Gasteiger partial charge in [0, 0.05) is 6.61 Å². The molecule has 0 saturated carbocycles. The number of hydrogen-bond acceptors (Lipinski definition) is 4. The van der Waals surface area contributed by atoms with Crippen LogP contribution in [0.15, 0.2) is 12.2 Å². The van der Waals surface area contributed by atoms with Crippen molar-refractivity contribution >= 4 is 6.09 Å². The van der Waals surface area contributed by atoms with Gasteiger partial charge < -0.3 is 9.84 Å². The number of hydroxylamine groups is 2. The Morgan fingerprint density at radius 2 is 2.31 bits per heavy atom. The van der Waals surface area contributed by atoms with Crippen LogP contribution in [-0.2, 0) is 9.57 Å². The molecule has 1 N–H and O–H groups in total. The number of ether oxygens (including phenoxy) is 1. The summed E-state index contributed by atoms with van der Waals surface area (Å²) in [6.07, 6.45) is 3.58. The molecule has 0 aromatic rings. The van der Waals surface area contributed by atoms with E-state index in [0.29, 0.717) is 13.0 Å². The van der Waals surface area contributed by atoms with Crippen LogP contribution in [0.25, 0.3) is 0 Å². The first-order valence-corrected chi connectivity index (χ1v) is 5.36. The van der Waals surface area contributed by atoms with Crippen LogP contribution in [0, 0.1) is 0 Å². The molecule has 1 atom stereocenters.